The maximum atomic E-state index is 13.2. The van der Waals surface area contributed by atoms with E-state index in [1.165, 1.54) is 6.07 Å². The van der Waals surface area contributed by atoms with E-state index in [1.807, 2.05) is 0 Å². The van der Waals surface area contributed by atoms with Crippen molar-refractivity contribution >= 4 is 10.0 Å². The van der Waals surface area contributed by atoms with Crippen LogP contribution in [0.3, 0.4) is 0 Å². The first-order valence-corrected chi connectivity index (χ1v) is 8.67. The summed E-state index contributed by atoms with van der Waals surface area (Å²) >= 11 is 0. The van der Waals surface area contributed by atoms with Gasteiger partial charge in [0, 0.05) is 12.1 Å². The van der Waals surface area contributed by atoms with Gasteiger partial charge >= 0.3 is 6.18 Å². The van der Waals surface area contributed by atoms with Crippen molar-refractivity contribution in [3.63, 3.8) is 0 Å². The molecule has 0 atom stereocenters. The van der Waals surface area contributed by atoms with Gasteiger partial charge in [-0.3, -0.25) is 0 Å². The molecule has 0 spiro atoms. The van der Waals surface area contributed by atoms with Crippen LogP contribution in [0.15, 0.2) is 41.3 Å². The van der Waals surface area contributed by atoms with E-state index < -0.39 is 44.5 Å². The molecule has 1 aliphatic heterocycles. The maximum absolute atomic E-state index is 13.2. The van der Waals surface area contributed by atoms with Gasteiger partial charge in [-0.15, -0.1) is 0 Å². The van der Waals surface area contributed by atoms with E-state index in [4.69, 9.17) is 4.74 Å². The van der Waals surface area contributed by atoms with E-state index in [0.29, 0.717) is 18.2 Å². The molecule has 0 unspecified atom stereocenters. The summed E-state index contributed by atoms with van der Waals surface area (Å²) in [5.41, 5.74) is -1.13. The Hall–Kier alpha value is -2.27. The van der Waals surface area contributed by atoms with Gasteiger partial charge in [-0.05, 0) is 18.2 Å². The summed E-state index contributed by atoms with van der Waals surface area (Å²) in [5.74, 6) is -2.37. The Labute approximate surface area is 145 Å². The van der Waals surface area contributed by atoms with Crippen LogP contribution in [0.2, 0.25) is 0 Å². The van der Waals surface area contributed by atoms with E-state index in [2.05, 4.69) is 4.98 Å². The molecule has 1 aromatic carbocycles. The van der Waals surface area contributed by atoms with Crippen molar-refractivity contribution in [1.82, 2.24) is 9.29 Å². The molecule has 1 saturated heterocycles. The fourth-order valence-corrected chi connectivity index (χ4v) is 3.85. The summed E-state index contributed by atoms with van der Waals surface area (Å²) in [6, 6.07) is 5.02. The quantitative estimate of drug-likeness (QED) is 0.749. The number of hydrogen-bond acceptors (Lipinski definition) is 4. The monoisotopic (exact) mass is 394 g/mol. The number of halogens is 5. The van der Waals surface area contributed by atoms with Crippen molar-refractivity contribution in [2.75, 3.05) is 13.1 Å². The van der Waals surface area contributed by atoms with E-state index in [9.17, 15) is 30.4 Å². The average molecular weight is 394 g/mol. The van der Waals surface area contributed by atoms with Crippen LogP contribution in [0.1, 0.15) is 5.69 Å². The zero-order valence-electron chi connectivity index (χ0n) is 12.9. The third-order valence-corrected chi connectivity index (χ3v) is 5.40. The van der Waals surface area contributed by atoms with Crippen LogP contribution in [0.4, 0.5) is 22.0 Å². The molecule has 0 saturated carbocycles. The van der Waals surface area contributed by atoms with Gasteiger partial charge in [0.05, 0.1) is 18.0 Å². The molecule has 0 radical (unpaired) electrons. The lowest BCUT2D eigenvalue weighted by Gasteiger charge is -2.37. The second kappa shape index (κ2) is 6.47. The summed E-state index contributed by atoms with van der Waals surface area (Å²) < 4.78 is 94.9. The van der Waals surface area contributed by atoms with Gasteiger partial charge in [-0.1, -0.05) is 6.07 Å². The highest BCUT2D eigenvalue weighted by atomic mass is 32.2. The van der Waals surface area contributed by atoms with Gasteiger partial charge in [0.15, 0.2) is 0 Å². The van der Waals surface area contributed by atoms with Crippen LogP contribution in [0.25, 0.3) is 0 Å². The Morgan fingerprint density at radius 2 is 1.69 bits per heavy atom. The SMILES string of the molecule is O=S(=O)(c1cc(F)cc(F)c1)N1CC(Oc2cccc(C(F)(F)F)n2)C1. The lowest BCUT2D eigenvalue weighted by atomic mass is 10.2. The van der Waals surface area contributed by atoms with Crippen molar-refractivity contribution in [1.29, 1.82) is 0 Å². The molecule has 5 nitrogen and oxygen atoms in total. The highest BCUT2D eigenvalue weighted by Crippen LogP contribution is 2.30. The van der Waals surface area contributed by atoms with Crippen LogP contribution in [-0.4, -0.2) is 36.9 Å². The zero-order chi connectivity index (χ0) is 19.1. The summed E-state index contributed by atoms with van der Waals surface area (Å²) in [6.45, 7) is -0.364. The van der Waals surface area contributed by atoms with Crippen molar-refractivity contribution in [3.05, 3.63) is 53.7 Å². The number of hydrogen-bond donors (Lipinski definition) is 0. The molecule has 11 heteroatoms. The minimum atomic E-state index is -4.63. The number of ether oxygens (including phenoxy) is 1. The molecule has 26 heavy (non-hydrogen) atoms. The number of benzene rings is 1. The van der Waals surface area contributed by atoms with Gasteiger partial charge < -0.3 is 4.74 Å². The number of aromatic nitrogens is 1. The van der Waals surface area contributed by atoms with Gasteiger partial charge in [0.25, 0.3) is 0 Å². The van der Waals surface area contributed by atoms with E-state index in [1.54, 1.807) is 0 Å². The van der Waals surface area contributed by atoms with Crippen LogP contribution in [0.5, 0.6) is 5.88 Å². The van der Waals surface area contributed by atoms with Gasteiger partial charge in [0.1, 0.15) is 23.4 Å². The first kappa shape index (κ1) is 18.5. The second-order valence-electron chi connectivity index (χ2n) is 5.53. The number of sulfonamides is 1. The molecular weight excluding hydrogens is 383 g/mol. The van der Waals surface area contributed by atoms with Gasteiger partial charge in [-0.25, -0.2) is 22.2 Å². The number of nitrogens with zero attached hydrogens (tertiary/aromatic N) is 2. The average Bonchev–Trinajstić information content (AvgIpc) is 2.49. The summed E-state index contributed by atoms with van der Waals surface area (Å²) in [6.07, 6.45) is -5.35. The van der Waals surface area contributed by atoms with Crippen molar-refractivity contribution in [2.24, 2.45) is 0 Å². The first-order chi connectivity index (χ1) is 12.1. The fourth-order valence-electron chi connectivity index (χ4n) is 2.31. The minimum absolute atomic E-state index is 0.182. The zero-order valence-corrected chi connectivity index (χ0v) is 13.7. The van der Waals surface area contributed by atoms with E-state index in [0.717, 1.165) is 16.4 Å². The third kappa shape index (κ3) is 3.78. The number of alkyl halides is 3. The Morgan fingerprint density at radius 3 is 2.27 bits per heavy atom. The Balaban J connectivity index is 1.67. The molecule has 2 aromatic rings. The molecule has 0 aliphatic carbocycles. The standard InChI is InChI=1S/C15H11F5N2O3S/c16-9-4-10(17)6-12(5-9)26(23,24)22-7-11(8-22)25-14-3-1-2-13(21-14)15(18,19)20/h1-6,11H,7-8H2. The van der Waals surface area contributed by atoms with Crippen LogP contribution >= 0.6 is 0 Å². The van der Waals surface area contributed by atoms with E-state index >= 15 is 0 Å². The van der Waals surface area contributed by atoms with Gasteiger partial charge in [0.2, 0.25) is 15.9 Å². The highest BCUT2D eigenvalue weighted by Gasteiger charge is 2.39. The van der Waals surface area contributed by atoms with Gasteiger partial charge in [-0.2, -0.15) is 17.5 Å². The van der Waals surface area contributed by atoms with Crippen LogP contribution in [-0.2, 0) is 16.2 Å². The van der Waals surface area contributed by atoms with E-state index in [-0.39, 0.29) is 19.0 Å². The normalized spacial score (nSPS) is 16.3. The molecular formula is C15H11F5N2O3S. The lowest BCUT2D eigenvalue weighted by Crippen LogP contribution is -2.56. The Morgan fingerprint density at radius 1 is 1.08 bits per heavy atom. The summed E-state index contributed by atoms with van der Waals surface area (Å²) in [7, 11) is -4.13. The molecule has 1 aromatic heterocycles. The molecule has 3 rings (SSSR count). The predicted octanol–water partition coefficient (Wildman–Crippen LogP) is 2.83. The molecule has 2 heterocycles. The second-order valence-corrected chi connectivity index (χ2v) is 7.46. The third-order valence-electron chi connectivity index (χ3n) is 3.59. The molecule has 140 valence electrons. The Bertz CT molecular complexity index is 907. The molecule has 0 amide bonds. The van der Waals surface area contributed by atoms with Crippen LogP contribution < -0.4 is 4.74 Å². The topological polar surface area (TPSA) is 59.5 Å². The predicted molar refractivity (Wildman–Crippen MR) is 78.8 cm³/mol. The Kier molecular flexibility index (Phi) is 4.61. The minimum Gasteiger partial charge on any atom is -0.472 e. The fraction of sp³-hybridized carbons (Fsp3) is 0.267. The maximum Gasteiger partial charge on any atom is 0.433 e. The highest BCUT2D eigenvalue weighted by molar-refractivity contribution is 7.89. The smallest absolute Gasteiger partial charge is 0.433 e. The summed E-state index contributed by atoms with van der Waals surface area (Å²) in [5, 5.41) is 0. The first-order valence-electron chi connectivity index (χ1n) is 7.23. The van der Waals surface area contributed by atoms with Crippen molar-refractivity contribution in [2.45, 2.75) is 17.2 Å². The van der Waals surface area contributed by atoms with Crippen molar-refractivity contribution in [3.8, 4) is 5.88 Å². The molecule has 0 N–H and O–H groups in total. The van der Waals surface area contributed by atoms with Crippen molar-refractivity contribution < 1.29 is 35.1 Å². The van der Waals surface area contributed by atoms with Crippen LogP contribution in [0, 0.1) is 11.6 Å². The molecule has 1 aliphatic rings. The largest absolute Gasteiger partial charge is 0.472 e. The lowest BCUT2D eigenvalue weighted by molar-refractivity contribution is -0.141. The molecule has 0 bridgehead atoms. The number of rotatable bonds is 4. The molecule has 1 fully saturated rings. The summed E-state index contributed by atoms with van der Waals surface area (Å²) in [4.78, 5) is 2.77. The number of pyridine rings is 1.